The lowest BCUT2D eigenvalue weighted by molar-refractivity contribution is -0.0479. The standard InChI is InChI=1S/C11H22O/c1-4-9(3)11(12)8-6-7-10(11)5-2/h9-10,12H,4-8H2,1-3H3. The molecular weight excluding hydrogens is 148 g/mol. The topological polar surface area (TPSA) is 20.2 Å². The van der Waals surface area contributed by atoms with Crippen molar-refractivity contribution in [3.05, 3.63) is 0 Å². The Kier molecular flexibility index (Phi) is 3.16. The SMILES string of the molecule is CCC(C)C1(O)CCCC1CC. The first-order valence-corrected chi connectivity index (χ1v) is 5.37. The number of rotatable bonds is 3. The van der Waals surface area contributed by atoms with Gasteiger partial charge in [-0.3, -0.25) is 0 Å². The van der Waals surface area contributed by atoms with Crippen molar-refractivity contribution in [2.75, 3.05) is 0 Å². The minimum Gasteiger partial charge on any atom is -0.389 e. The van der Waals surface area contributed by atoms with Crippen LogP contribution < -0.4 is 0 Å². The highest BCUT2D eigenvalue weighted by Crippen LogP contribution is 2.43. The molecule has 1 rings (SSSR count). The van der Waals surface area contributed by atoms with E-state index >= 15 is 0 Å². The maximum atomic E-state index is 10.4. The van der Waals surface area contributed by atoms with Crippen LogP contribution in [-0.4, -0.2) is 10.7 Å². The average molecular weight is 170 g/mol. The van der Waals surface area contributed by atoms with Gasteiger partial charge in [0.25, 0.3) is 0 Å². The van der Waals surface area contributed by atoms with Crippen molar-refractivity contribution in [3.63, 3.8) is 0 Å². The summed E-state index contributed by atoms with van der Waals surface area (Å²) in [7, 11) is 0. The van der Waals surface area contributed by atoms with Gasteiger partial charge in [0.2, 0.25) is 0 Å². The zero-order valence-corrected chi connectivity index (χ0v) is 8.64. The normalized spacial score (nSPS) is 38.5. The smallest absolute Gasteiger partial charge is 0.0701 e. The summed E-state index contributed by atoms with van der Waals surface area (Å²) >= 11 is 0. The zero-order valence-electron chi connectivity index (χ0n) is 8.64. The van der Waals surface area contributed by atoms with Crippen LogP contribution in [0.5, 0.6) is 0 Å². The predicted molar refractivity (Wildman–Crippen MR) is 52.0 cm³/mol. The molecule has 0 aliphatic heterocycles. The van der Waals surface area contributed by atoms with E-state index in [2.05, 4.69) is 20.8 Å². The Labute approximate surface area is 76.2 Å². The molecule has 3 atom stereocenters. The van der Waals surface area contributed by atoms with E-state index in [1.165, 1.54) is 12.8 Å². The second kappa shape index (κ2) is 3.78. The van der Waals surface area contributed by atoms with Crippen LogP contribution in [0.25, 0.3) is 0 Å². The van der Waals surface area contributed by atoms with Gasteiger partial charge in [0.1, 0.15) is 0 Å². The van der Waals surface area contributed by atoms with E-state index in [4.69, 9.17) is 0 Å². The Morgan fingerprint density at radius 3 is 2.67 bits per heavy atom. The molecule has 0 aromatic heterocycles. The fraction of sp³-hybridized carbons (Fsp3) is 1.00. The second-order valence-electron chi connectivity index (χ2n) is 4.30. The molecule has 1 saturated carbocycles. The molecule has 0 bridgehead atoms. The van der Waals surface area contributed by atoms with Crippen LogP contribution in [0, 0.1) is 11.8 Å². The number of hydrogen-bond donors (Lipinski definition) is 1. The molecule has 0 saturated heterocycles. The molecule has 1 heteroatoms. The predicted octanol–water partition coefficient (Wildman–Crippen LogP) is 2.97. The fourth-order valence-corrected chi connectivity index (χ4v) is 2.65. The first-order valence-electron chi connectivity index (χ1n) is 5.37. The Morgan fingerprint density at radius 2 is 2.17 bits per heavy atom. The number of aliphatic hydroxyl groups is 1. The van der Waals surface area contributed by atoms with Crippen molar-refractivity contribution >= 4 is 0 Å². The van der Waals surface area contributed by atoms with Crippen molar-refractivity contribution < 1.29 is 5.11 Å². The van der Waals surface area contributed by atoms with Gasteiger partial charge in [0, 0.05) is 0 Å². The Bertz CT molecular complexity index is 144. The van der Waals surface area contributed by atoms with Crippen molar-refractivity contribution in [2.45, 2.75) is 58.5 Å². The number of hydrogen-bond acceptors (Lipinski definition) is 1. The van der Waals surface area contributed by atoms with Gasteiger partial charge in [-0.05, 0) is 24.7 Å². The lowest BCUT2D eigenvalue weighted by Crippen LogP contribution is -2.39. The molecule has 0 amide bonds. The van der Waals surface area contributed by atoms with Gasteiger partial charge >= 0.3 is 0 Å². The van der Waals surface area contributed by atoms with E-state index < -0.39 is 0 Å². The van der Waals surface area contributed by atoms with Crippen LogP contribution >= 0.6 is 0 Å². The molecule has 72 valence electrons. The van der Waals surface area contributed by atoms with Crippen LogP contribution in [0.1, 0.15) is 52.9 Å². The molecule has 3 unspecified atom stereocenters. The summed E-state index contributed by atoms with van der Waals surface area (Å²) in [6.45, 7) is 6.56. The van der Waals surface area contributed by atoms with Crippen LogP contribution in [0.2, 0.25) is 0 Å². The molecule has 1 fully saturated rings. The van der Waals surface area contributed by atoms with E-state index in [0.717, 1.165) is 19.3 Å². The summed E-state index contributed by atoms with van der Waals surface area (Å²) in [4.78, 5) is 0. The molecule has 0 radical (unpaired) electrons. The molecule has 12 heavy (non-hydrogen) atoms. The Morgan fingerprint density at radius 1 is 1.50 bits per heavy atom. The second-order valence-corrected chi connectivity index (χ2v) is 4.30. The van der Waals surface area contributed by atoms with E-state index in [1.54, 1.807) is 0 Å². The highest BCUT2D eigenvalue weighted by Gasteiger charge is 2.43. The first-order chi connectivity index (χ1) is 5.65. The molecular formula is C11H22O. The van der Waals surface area contributed by atoms with E-state index in [9.17, 15) is 5.11 Å². The highest BCUT2D eigenvalue weighted by molar-refractivity contribution is 4.94. The lowest BCUT2D eigenvalue weighted by atomic mass is 9.77. The highest BCUT2D eigenvalue weighted by atomic mass is 16.3. The average Bonchev–Trinajstić information content (AvgIpc) is 2.46. The van der Waals surface area contributed by atoms with Gasteiger partial charge in [0.05, 0.1) is 5.60 Å². The van der Waals surface area contributed by atoms with Crippen molar-refractivity contribution in [2.24, 2.45) is 11.8 Å². The minimum absolute atomic E-state index is 0.330. The van der Waals surface area contributed by atoms with Gasteiger partial charge in [-0.2, -0.15) is 0 Å². The van der Waals surface area contributed by atoms with Gasteiger partial charge < -0.3 is 5.11 Å². The largest absolute Gasteiger partial charge is 0.389 e. The first kappa shape index (κ1) is 10.0. The van der Waals surface area contributed by atoms with Crippen LogP contribution in [0.15, 0.2) is 0 Å². The zero-order chi connectivity index (χ0) is 9.19. The Hall–Kier alpha value is -0.0400. The summed E-state index contributed by atoms with van der Waals surface area (Å²) in [6, 6.07) is 0. The molecule has 0 spiro atoms. The van der Waals surface area contributed by atoms with Crippen molar-refractivity contribution in [1.82, 2.24) is 0 Å². The third-order valence-corrected chi connectivity index (χ3v) is 3.80. The maximum absolute atomic E-state index is 10.4. The molecule has 0 heterocycles. The summed E-state index contributed by atoms with van der Waals surface area (Å²) in [5, 5.41) is 10.4. The molecule has 0 aromatic carbocycles. The van der Waals surface area contributed by atoms with Gasteiger partial charge in [-0.1, -0.05) is 40.0 Å². The summed E-state index contributed by atoms with van der Waals surface area (Å²) in [5.74, 6) is 1.04. The quantitative estimate of drug-likeness (QED) is 0.690. The molecule has 1 nitrogen and oxygen atoms in total. The third-order valence-electron chi connectivity index (χ3n) is 3.80. The lowest BCUT2D eigenvalue weighted by Gasteiger charge is -2.35. The fourth-order valence-electron chi connectivity index (χ4n) is 2.65. The monoisotopic (exact) mass is 170 g/mol. The van der Waals surface area contributed by atoms with Crippen LogP contribution in [0.3, 0.4) is 0 Å². The van der Waals surface area contributed by atoms with E-state index in [0.29, 0.717) is 11.8 Å². The van der Waals surface area contributed by atoms with E-state index in [-0.39, 0.29) is 5.60 Å². The van der Waals surface area contributed by atoms with E-state index in [1.807, 2.05) is 0 Å². The van der Waals surface area contributed by atoms with Gasteiger partial charge in [0.15, 0.2) is 0 Å². The van der Waals surface area contributed by atoms with Crippen LogP contribution in [-0.2, 0) is 0 Å². The van der Waals surface area contributed by atoms with Crippen molar-refractivity contribution in [3.8, 4) is 0 Å². The molecule has 1 aliphatic rings. The maximum Gasteiger partial charge on any atom is 0.0701 e. The summed E-state index contributed by atoms with van der Waals surface area (Å²) in [6.07, 6.45) is 5.73. The summed E-state index contributed by atoms with van der Waals surface area (Å²) in [5.41, 5.74) is -0.330. The van der Waals surface area contributed by atoms with Gasteiger partial charge in [-0.25, -0.2) is 0 Å². The van der Waals surface area contributed by atoms with Crippen molar-refractivity contribution in [1.29, 1.82) is 0 Å². The Balaban J connectivity index is 2.67. The molecule has 0 aromatic rings. The van der Waals surface area contributed by atoms with Crippen LogP contribution in [0.4, 0.5) is 0 Å². The molecule has 1 aliphatic carbocycles. The third kappa shape index (κ3) is 1.52. The summed E-state index contributed by atoms with van der Waals surface area (Å²) < 4.78 is 0. The molecule has 1 N–H and O–H groups in total. The van der Waals surface area contributed by atoms with Gasteiger partial charge in [-0.15, -0.1) is 0 Å². The minimum atomic E-state index is -0.330.